The van der Waals surface area contributed by atoms with Crippen LogP contribution in [-0.2, 0) is 10.9 Å². The van der Waals surface area contributed by atoms with E-state index in [-0.39, 0.29) is 11.1 Å². The number of urea groups is 1. The van der Waals surface area contributed by atoms with E-state index in [4.69, 9.17) is 16.3 Å². The second-order valence-corrected chi connectivity index (χ2v) is 6.12. The number of hydrogen-bond donors (Lipinski definition) is 1. The van der Waals surface area contributed by atoms with E-state index in [1.165, 1.54) is 6.07 Å². The van der Waals surface area contributed by atoms with Gasteiger partial charge in [-0.1, -0.05) is 11.6 Å². The topological polar surface area (TPSA) is 44.8 Å². The second-order valence-electron chi connectivity index (χ2n) is 5.72. The summed E-state index contributed by atoms with van der Waals surface area (Å²) in [5.74, 6) is 0. The first-order chi connectivity index (χ1) is 11.8. The average Bonchev–Trinajstić information content (AvgIpc) is 2.58. The molecule has 25 heavy (non-hydrogen) atoms. The van der Waals surface area contributed by atoms with Gasteiger partial charge in [-0.15, -0.1) is 0 Å². The Labute approximate surface area is 149 Å². The van der Waals surface area contributed by atoms with Crippen molar-refractivity contribution in [1.29, 1.82) is 0 Å². The minimum atomic E-state index is -4.41. The van der Waals surface area contributed by atoms with E-state index in [0.717, 1.165) is 18.6 Å². The van der Waals surface area contributed by atoms with Gasteiger partial charge < -0.3 is 19.9 Å². The molecule has 0 spiro atoms. The van der Waals surface area contributed by atoms with Gasteiger partial charge in [0, 0.05) is 46.4 Å². The minimum absolute atomic E-state index is 0.175. The first kappa shape index (κ1) is 19.7. The molecule has 2 rings (SSSR count). The van der Waals surface area contributed by atoms with E-state index in [1.807, 2.05) is 0 Å². The summed E-state index contributed by atoms with van der Waals surface area (Å²) in [5, 5.41) is 3.06. The van der Waals surface area contributed by atoms with Gasteiger partial charge in [-0.25, -0.2) is 4.79 Å². The van der Waals surface area contributed by atoms with Gasteiger partial charge in [-0.3, -0.25) is 0 Å². The lowest BCUT2D eigenvalue weighted by atomic mass is 10.1. The van der Waals surface area contributed by atoms with Crippen LogP contribution in [0.3, 0.4) is 0 Å². The summed E-state index contributed by atoms with van der Waals surface area (Å²) in [5.41, 5.74) is -0.387. The van der Waals surface area contributed by atoms with Crippen molar-refractivity contribution < 1.29 is 22.7 Å². The Hall–Kier alpha value is -1.67. The number of amides is 2. The number of halogens is 4. The third-order valence-electron chi connectivity index (χ3n) is 3.98. The number of hydrogen-bond acceptors (Lipinski definition) is 3. The van der Waals surface area contributed by atoms with Crippen LogP contribution >= 0.6 is 11.6 Å². The standard InChI is InChI=1S/C16H21ClF3N3O2/c1-25-10-2-5-21-15(24)23-8-6-22(7-9-23)14-11-12(16(18,19)20)3-4-13(14)17/h3-4,11H,2,5-10H2,1H3,(H,21,24). The fourth-order valence-corrected chi connectivity index (χ4v) is 2.84. The van der Waals surface area contributed by atoms with Crippen LogP contribution in [0.1, 0.15) is 12.0 Å². The van der Waals surface area contributed by atoms with E-state index in [0.29, 0.717) is 45.0 Å². The highest BCUT2D eigenvalue weighted by atomic mass is 35.5. The van der Waals surface area contributed by atoms with Crippen molar-refractivity contribution in [2.75, 3.05) is 51.3 Å². The van der Waals surface area contributed by atoms with Crippen LogP contribution in [0.5, 0.6) is 0 Å². The Kier molecular flexibility index (Phi) is 6.78. The third kappa shape index (κ3) is 5.40. The van der Waals surface area contributed by atoms with Gasteiger partial charge in [-0.05, 0) is 24.6 Å². The van der Waals surface area contributed by atoms with E-state index >= 15 is 0 Å². The molecule has 1 saturated heterocycles. The molecule has 5 nitrogen and oxygen atoms in total. The fourth-order valence-electron chi connectivity index (χ4n) is 2.61. The summed E-state index contributed by atoms with van der Waals surface area (Å²) in [6.07, 6.45) is -3.69. The molecule has 0 aliphatic carbocycles. The highest BCUT2D eigenvalue weighted by Gasteiger charge is 2.32. The summed E-state index contributed by atoms with van der Waals surface area (Å²) >= 11 is 6.06. The number of rotatable bonds is 5. The predicted octanol–water partition coefficient (Wildman–Crippen LogP) is 3.23. The van der Waals surface area contributed by atoms with E-state index in [2.05, 4.69) is 5.32 Å². The number of carbonyl (C=O) groups is 1. The van der Waals surface area contributed by atoms with E-state index < -0.39 is 11.7 Å². The predicted molar refractivity (Wildman–Crippen MR) is 90.1 cm³/mol. The zero-order valence-corrected chi connectivity index (χ0v) is 14.7. The van der Waals surface area contributed by atoms with Crippen molar-refractivity contribution in [3.63, 3.8) is 0 Å². The van der Waals surface area contributed by atoms with Crippen molar-refractivity contribution in [1.82, 2.24) is 10.2 Å². The highest BCUT2D eigenvalue weighted by molar-refractivity contribution is 6.33. The zero-order valence-electron chi connectivity index (χ0n) is 13.9. The number of anilines is 1. The first-order valence-electron chi connectivity index (χ1n) is 7.96. The van der Waals surface area contributed by atoms with Gasteiger partial charge in [-0.2, -0.15) is 13.2 Å². The van der Waals surface area contributed by atoms with Gasteiger partial charge in [0.15, 0.2) is 0 Å². The highest BCUT2D eigenvalue weighted by Crippen LogP contribution is 2.35. The van der Waals surface area contributed by atoms with Crippen molar-refractivity contribution in [3.8, 4) is 0 Å². The molecule has 1 aromatic carbocycles. The van der Waals surface area contributed by atoms with Crippen LogP contribution in [0, 0.1) is 0 Å². The molecule has 1 N–H and O–H groups in total. The number of ether oxygens (including phenoxy) is 1. The van der Waals surface area contributed by atoms with Crippen LogP contribution in [0.4, 0.5) is 23.7 Å². The van der Waals surface area contributed by atoms with Gasteiger partial charge >= 0.3 is 12.2 Å². The molecule has 1 heterocycles. The normalized spacial score (nSPS) is 15.4. The molecule has 0 atom stereocenters. The van der Waals surface area contributed by atoms with E-state index in [9.17, 15) is 18.0 Å². The number of benzene rings is 1. The lowest BCUT2D eigenvalue weighted by Gasteiger charge is -2.36. The Balaban J connectivity index is 1.93. The van der Waals surface area contributed by atoms with Crippen molar-refractivity contribution in [2.24, 2.45) is 0 Å². The summed E-state index contributed by atoms with van der Waals surface area (Å²) in [6, 6.07) is 3.11. The summed E-state index contributed by atoms with van der Waals surface area (Å²) in [4.78, 5) is 15.5. The molecule has 1 fully saturated rings. The third-order valence-corrected chi connectivity index (χ3v) is 4.30. The maximum atomic E-state index is 12.9. The molecule has 2 amide bonds. The molecular formula is C16H21ClF3N3O2. The van der Waals surface area contributed by atoms with Crippen molar-refractivity contribution >= 4 is 23.3 Å². The number of nitrogens with one attached hydrogen (secondary N) is 1. The lowest BCUT2D eigenvalue weighted by molar-refractivity contribution is -0.137. The van der Waals surface area contributed by atoms with Gasteiger partial charge in [0.2, 0.25) is 0 Å². The number of carbonyl (C=O) groups excluding carboxylic acids is 1. The van der Waals surface area contributed by atoms with Crippen LogP contribution in [0.2, 0.25) is 5.02 Å². The Morgan fingerprint density at radius 2 is 1.96 bits per heavy atom. The zero-order chi connectivity index (χ0) is 18.4. The molecule has 0 unspecified atom stereocenters. The van der Waals surface area contributed by atoms with Crippen LogP contribution in [0.25, 0.3) is 0 Å². The quantitative estimate of drug-likeness (QED) is 0.799. The molecule has 0 radical (unpaired) electrons. The summed E-state index contributed by atoms with van der Waals surface area (Å²) in [7, 11) is 1.60. The minimum Gasteiger partial charge on any atom is -0.385 e. The Bertz CT molecular complexity index is 590. The number of alkyl halides is 3. The van der Waals surface area contributed by atoms with Crippen molar-refractivity contribution in [3.05, 3.63) is 28.8 Å². The molecular weight excluding hydrogens is 359 g/mol. The van der Waals surface area contributed by atoms with Crippen LogP contribution in [0.15, 0.2) is 18.2 Å². The van der Waals surface area contributed by atoms with Gasteiger partial charge in [0.25, 0.3) is 0 Å². The van der Waals surface area contributed by atoms with Crippen LogP contribution < -0.4 is 10.2 Å². The molecule has 140 valence electrons. The molecule has 0 bridgehead atoms. The van der Waals surface area contributed by atoms with E-state index in [1.54, 1.807) is 16.9 Å². The van der Waals surface area contributed by atoms with Gasteiger partial charge in [0.1, 0.15) is 0 Å². The molecule has 1 aliphatic rings. The average molecular weight is 380 g/mol. The van der Waals surface area contributed by atoms with Crippen molar-refractivity contribution in [2.45, 2.75) is 12.6 Å². The molecule has 0 saturated carbocycles. The number of nitrogens with zero attached hydrogens (tertiary/aromatic N) is 2. The number of methoxy groups -OCH3 is 1. The first-order valence-corrected chi connectivity index (χ1v) is 8.34. The maximum Gasteiger partial charge on any atom is 0.416 e. The molecule has 1 aromatic rings. The SMILES string of the molecule is COCCCNC(=O)N1CCN(c2cc(C(F)(F)F)ccc2Cl)CC1. The molecule has 1 aliphatic heterocycles. The number of piperazine rings is 1. The Morgan fingerprint density at radius 3 is 2.56 bits per heavy atom. The summed E-state index contributed by atoms with van der Waals surface area (Å²) < 4.78 is 43.5. The van der Waals surface area contributed by atoms with Gasteiger partial charge in [0.05, 0.1) is 16.3 Å². The largest absolute Gasteiger partial charge is 0.416 e. The smallest absolute Gasteiger partial charge is 0.385 e. The summed E-state index contributed by atoms with van der Waals surface area (Å²) in [6.45, 7) is 2.78. The maximum absolute atomic E-state index is 12.9. The lowest BCUT2D eigenvalue weighted by Crippen LogP contribution is -2.52. The van der Waals surface area contributed by atoms with Crippen LogP contribution in [-0.4, -0.2) is 57.4 Å². The monoisotopic (exact) mass is 379 g/mol. The molecule has 0 aromatic heterocycles. The molecule has 9 heteroatoms. The second kappa shape index (κ2) is 8.62. The fraction of sp³-hybridized carbons (Fsp3) is 0.562. The Morgan fingerprint density at radius 1 is 1.28 bits per heavy atom.